The van der Waals surface area contributed by atoms with Crippen molar-refractivity contribution in [3.05, 3.63) is 83.2 Å². The largest absolute Gasteiger partial charge is 0.338 e. The maximum atomic E-state index is 12.0. The van der Waals surface area contributed by atoms with Gasteiger partial charge in [0.25, 0.3) is 0 Å². The smallest absolute Gasteiger partial charge is 0.315 e. The molecule has 0 aliphatic carbocycles. The van der Waals surface area contributed by atoms with E-state index in [1.165, 1.54) is 5.56 Å². The number of nitrogens with zero attached hydrogens (tertiary/aromatic N) is 2. The van der Waals surface area contributed by atoms with Gasteiger partial charge in [0.15, 0.2) is 0 Å². The van der Waals surface area contributed by atoms with Crippen LogP contribution in [-0.4, -0.2) is 22.4 Å². The standard InChI is InChI=1S/C21H24N4O/c1-16-20(17(2)25(24-16)19-11-7-4-8-12-19)13-14-22-21(26)23-15-18-9-5-3-6-10-18/h3-12H,13-15H2,1-2H3,(H2,22,23,26). The molecule has 5 nitrogen and oxygen atoms in total. The van der Waals surface area contributed by atoms with Gasteiger partial charge in [-0.1, -0.05) is 48.5 Å². The van der Waals surface area contributed by atoms with Crippen LogP contribution in [0.2, 0.25) is 0 Å². The number of rotatable bonds is 6. The number of hydrogen-bond donors (Lipinski definition) is 2. The fourth-order valence-corrected chi connectivity index (χ4v) is 3.00. The van der Waals surface area contributed by atoms with E-state index in [1.807, 2.05) is 72.3 Å². The summed E-state index contributed by atoms with van der Waals surface area (Å²) in [7, 11) is 0. The van der Waals surface area contributed by atoms with E-state index >= 15 is 0 Å². The number of hydrogen-bond acceptors (Lipinski definition) is 2. The number of carbonyl (C=O) groups is 1. The highest BCUT2D eigenvalue weighted by Gasteiger charge is 2.12. The fourth-order valence-electron chi connectivity index (χ4n) is 3.00. The van der Waals surface area contributed by atoms with Crippen molar-refractivity contribution < 1.29 is 4.79 Å². The summed E-state index contributed by atoms with van der Waals surface area (Å²) in [5, 5.41) is 10.4. The molecule has 3 aromatic rings. The van der Waals surface area contributed by atoms with Crippen LogP contribution >= 0.6 is 0 Å². The number of para-hydroxylation sites is 1. The average molecular weight is 348 g/mol. The molecule has 0 bridgehead atoms. The summed E-state index contributed by atoms with van der Waals surface area (Å²) in [6.07, 6.45) is 0.753. The lowest BCUT2D eigenvalue weighted by Gasteiger charge is -2.08. The lowest BCUT2D eigenvalue weighted by Crippen LogP contribution is -2.36. The van der Waals surface area contributed by atoms with E-state index < -0.39 is 0 Å². The molecule has 0 unspecified atom stereocenters. The first-order valence-electron chi connectivity index (χ1n) is 8.81. The minimum atomic E-state index is -0.153. The van der Waals surface area contributed by atoms with Crippen LogP contribution in [0, 0.1) is 13.8 Å². The molecular weight excluding hydrogens is 324 g/mol. The van der Waals surface area contributed by atoms with Gasteiger partial charge >= 0.3 is 6.03 Å². The number of aromatic nitrogens is 2. The molecule has 1 aromatic heterocycles. The molecule has 2 amide bonds. The van der Waals surface area contributed by atoms with E-state index in [-0.39, 0.29) is 6.03 Å². The summed E-state index contributed by atoms with van der Waals surface area (Å²) >= 11 is 0. The van der Waals surface area contributed by atoms with Gasteiger partial charge in [0, 0.05) is 18.8 Å². The molecule has 3 rings (SSSR count). The molecule has 0 atom stereocenters. The zero-order valence-electron chi connectivity index (χ0n) is 15.2. The van der Waals surface area contributed by atoms with E-state index in [2.05, 4.69) is 22.7 Å². The second-order valence-corrected chi connectivity index (χ2v) is 6.24. The number of nitrogens with one attached hydrogen (secondary N) is 2. The summed E-state index contributed by atoms with van der Waals surface area (Å²) in [6, 6.07) is 19.8. The van der Waals surface area contributed by atoms with Gasteiger partial charge in [-0.3, -0.25) is 0 Å². The third-order valence-electron chi connectivity index (χ3n) is 4.40. The summed E-state index contributed by atoms with van der Waals surface area (Å²) in [4.78, 5) is 12.0. The van der Waals surface area contributed by atoms with Gasteiger partial charge in [-0.15, -0.1) is 0 Å². The molecular formula is C21H24N4O. The minimum Gasteiger partial charge on any atom is -0.338 e. The summed E-state index contributed by atoms with van der Waals surface area (Å²) < 4.78 is 1.96. The Labute approximate surface area is 154 Å². The molecule has 0 radical (unpaired) electrons. The van der Waals surface area contributed by atoms with Gasteiger partial charge in [0.2, 0.25) is 0 Å². The van der Waals surface area contributed by atoms with E-state index in [9.17, 15) is 4.79 Å². The lowest BCUT2D eigenvalue weighted by molar-refractivity contribution is 0.240. The van der Waals surface area contributed by atoms with Crippen LogP contribution in [0.3, 0.4) is 0 Å². The van der Waals surface area contributed by atoms with E-state index in [4.69, 9.17) is 0 Å². The van der Waals surface area contributed by atoms with Gasteiger partial charge < -0.3 is 10.6 Å². The van der Waals surface area contributed by atoms with Crippen molar-refractivity contribution in [3.8, 4) is 5.69 Å². The highest BCUT2D eigenvalue weighted by molar-refractivity contribution is 5.73. The third kappa shape index (κ3) is 4.30. The predicted molar refractivity (Wildman–Crippen MR) is 103 cm³/mol. The molecule has 0 aliphatic rings. The van der Waals surface area contributed by atoms with Gasteiger partial charge in [0.1, 0.15) is 0 Å². The summed E-state index contributed by atoms with van der Waals surface area (Å²) in [6.45, 7) is 5.18. The van der Waals surface area contributed by atoms with E-state index in [1.54, 1.807) is 0 Å². The Morgan fingerprint density at radius 3 is 2.31 bits per heavy atom. The van der Waals surface area contributed by atoms with Crippen molar-refractivity contribution in [3.63, 3.8) is 0 Å². The second-order valence-electron chi connectivity index (χ2n) is 6.24. The maximum absolute atomic E-state index is 12.0. The highest BCUT2D eigenvalue weighted by Crippen LogP contribution is 2.18. The van der Waals surface area contributed by atoms with Crippen molar-refractivity contribution in [1.29, 1.82) is 0 Å². The van der Waals surface area contributed by atoms with Crippen molar-refractivity contribution in [2.24, 2.45) is 0 Å². The predicted octanol–water partition coefficient (Wildman–Crippen LogP) is 3.53. The number of urea groups is 1. The monoisotopic (exact) mass is 348 g/mol. The molecule has 0 aliphatic heterocycles. The topological polar surface area (TPSA) is 59.0 Å². The van der Waals surface area contributed by atoms with Crippen molar-refractivity contribution >= 4 is 6.03 Å². The molecule has 2 aromatic carbocycles. The molecule has 26 heavy (non-hydrogen) atoms. The molecule has 0 spiro atoms. The minimum absolute atomic E-state index is 0.153. The van der Waals surface area contributed by atoms with Gasteiger partial charge in [-0.25, -0.2) is 9.48 Å². The van der Waals surface area contributed by atoms with Crippen LogP contribution in [0.15, 0.2) is 60.7 Å². The number of amides is 2. The SMILES string of the molecule is Cc1nn(-c2ccccc2)c(C)c1CCNC(=O)NCc1ccccc1. The average Bonchev–Trinajstić information content (AvgIpc) is 2.96. The zero-order valence-corrected chi connectivity index (χ0v) is 15.2. The van der Waals surface area contributed by atoms with Gasteiger partial charge in [-0.05, 0) is 43.5 Å². The number of aryl methyl sites for hydroxylation is 1. The van der Waals surface area contributed by atoms with Gasteiger partial charge in [-0.2, -0.15) is 5.10 Å². The first kappa shape index (κ1) is 17.7. The van der Waals surface area contributed by atoms with Crippen LogP contribution in [0.25, 0.3) is 5.69 Å². The van der Waals surface area contributed by atoms with Crippen molar-refractivity contribution in [1.82, 2.24) is 20.4 Å². The molecule has 134 valence electrons. The maximum Gasteiger partial charge on any atom is 0.315 e. The first-order chi connectivity index (χ1) is 12.6. The Morgan fingerprint density at radius 1 is 0.962 bits per heavy atom. The fraction of sp³-hybridized carbons (Fsp3) is 0.238. The first-order valence-corrected chi connectivity index (χ1v) is 8.81. The summed E-state index contributed by atoms with van der Waals surface area (Å²) in [5.41, 5.74) is 5.42. The molecule has 1 heterocycles. The Balaban J connectivity index is 1.53. The molecule has 0 fully saturated rings. The molecule has 0 saturated carbocycles. The molecule has 2 N–H and O–H groups in total. The Kier molecular flexibility index (Phi) is 5.69. The zero-order chi connectivity index (χ0) is 18.4. The van der Waals surface area contributed by atoms with Crippen molar-refractivity contribution in [2.45, 2.75) is 26.8 Å². The lowest BCUT2D eigenvalue weighted by atomic mass is 10.1. The van der Waals surface area contributed by atoms with Crippen LogP contribution in [0.5, 0.6) is 0 Å². The van der Waals surface area contributed by atoms with Gasteiger partial charge in [0.05, 0.1) is 11.4 Å². The highest BCUT2D eigenvalue weighted by atomic mass is 16.2. The molecule has 0 saturated heterocycles. The quantitative estimate of drug-likeness (QED) is 0.716. The Bertz CT molecular complexity index is 856. The van der Waals surface area contributed by atoms with Crippen LogP contribution in [0.4, 0.5) is 4.79 Å². The Morgan fingerprint density at radius 2 is 1.62 bits per heavy atom. The van der Waals surface area contributed by atoms with Crippen LogP contribution in [0.1, 0.15) is 22.5 Å². The van der Waals surface area contributed by atoms with Crippen molar-refractivity contribution in [2.75, 3.05) is 6.54 Å². The second kappa shape index (κ2) is 8.34. The van der Waals surface area contributed by atoms with Crippen LogP contribution in [-0.2, 0) is 13.0 Å². The summed E-state index contributed by atoms with van der Waals surface area (Å²) in [5.74, 6) is 0. The number of carbonyl (C=O) groups excluding carboxylic acids is 1. The molecule has 5 heteroatoms. The van der Waals surface area contributed by atoms with Crippen LogP contribution < -0.4 is 10.6 Å². The van der Waals surface area contributed by atoms with E-state index in [0.29, 0.717) is 13.1 Å². The third-order valence-corrected chi connectivity index (χ3v) is 4.40. The van der Waals surface area contributed by atoms with E-state index in [0.717, 1.165) is 29.1 Å². The normalized spacial score (nSPS) is 10.5. The number of benzene rings is 2. The Hall–Kier alpha value is -3.08.